The highest BCUT2D eigenvalue weighted by atomic mass is 16.4. The van der Waals surface area contributed by atoms with Gasteiger partial charge < -0.3 is 10.4 Å². The number of amides is 1. The molecule has 0 aromatic heterocycles. The Bertz CT molecular complexity index is 443. The summed E-state index contributed by atoms with van der Waals surface area (Å²) in [7, 11) is 0. The van der Waals surface area contributed by atoms with Crippen molar-refractivity contribution in [3.8, 4) is 0 Å². The van der Waals surface area contributed by atoms with Gasteiger partial charge in [0.05, 0.1) is 5.56 Å². The fraction of sp³-hybridized carbons (Fsp3) is 0.467. The number of hydrogen-bond donors (Lipinski definition) is 2. The van der Waals surface area contributed by atoms with E-state index in [0.29, 0.717) is 25.3 Å². The van der Waals surface area contributed by atoms with E-state index in [1.165, 1.54) is 0 Å². The van der Waals surface area contributed by atoms with E-state index in [9.17, 15) is 9.59 Å². The van der Waals surface area contributed by atoms with Gasteiger partial charge in [0.15, 0.2) is 0 Å². The maximum atomic E-state index is 11.6. The van der Waals surface area contributed by atoms with E-state index in [-0.39, 0.29) is 11.5 Å². The van der Waals surface area contributed by atoms with E-state index >= 15 is 0 Å². The quantitative estimate of drug-likeness (QED) is 0.794. The molecule has 0 aliphatic rings. The number of carboxylic acid groups (broad SMARTS) is 1. The maximum absolute atomic E-state index is 11.6. The van der Waals surface area contributed by atoms with Crippen LogP contribution in [0.5, 0.6) is 0 Å². The SMILES string of the molecule is CCC(C)CC(=O)NCCc1cccc(C(=O)O)c1. The zero-order chi connectivity index (χ0) is 14.3. The van der Waals surface area contributed by atoms with Crippen LogP contribution in [-0.4, -0.2) is 23.5 Å². The lowest BCUT2D eigenvalue weighted by Gasteiger charge is -2.09. The summed E-state index contributed by atoms with van der Waals surface area (Å²) >= 11 is 0. The van der Waals surface area contributed by atoms with Crippen LogP contribution in [0.3, 0.4) is 0 Å². The molecule has 1 amide bonds. The number of carboxylic acids is 1. The molecular weight excluding hydrogens is 242 g/mol. The van der Waals surface area contributed by atoms with Crippen molar-refractivity contribution in [2.24, 2.45) is 5.92 Å². The third-order valence-electron chi connectivity index (χ3n) is 3.14. The van der Waals surface area contributed by atoms with Crippen LogP contribution in [0.4, 0.5) is 0 Å². The van der Waals surface area contributed by atoms with Crippen LogP contribution >= 0.6 is 0 Å². The largest absolute Gasteiger partial charge is 0.478 e. The molecule has 2 N–H and O–H groups in total. The van der Waals surface area contributed by atoms with Gasteiger partial charge in [-0.2, -0.15) is 0 Å². The zero-order valence-corrected chi connectivity index (χ0v) is 11.5. The number of benzene rings is 1. The smallest absolute Gasteiger partial charge is 0.335 e. The summed E-state index contributed by atoms with van der Waals surface area (Å²) in [5, 5.41) is 11.7. The van der Waals surface area contributed by atoms with Crippen LogP contribution in [0.25, 0.3) is 0 Å². The van der Waals surface area contributed by atoms with Gasteiger partial charge in [-0.15, -0.1) is 0 Å². The number of carbonyl (C=O) groups excluding carboxylic acids is 1. The molecule has 1 unspecified atom stereocenters. The summed E-state index contributed by atoms with van der Waals surface area (Å²) in [6, 6.07) is 6.80. The Kier molecular flexibility index (Phi) is 6.06. The Morgan fingerprint density at radius 3 is 2.74 bits per heavy atom. The molecular formula is C15H21NO3. The molecule has 1 atom stereocenters. The molecule has 0 heterocycles. The van der Waals surface area contributed by atoms with Gasteiger partial charge in [-0.1, -0.05) is 32.4 Å². The zero-order valence-electron chi connectivity index (χ0n) is 11.5. The maximum Gasteiger partial charge on any atom is 0.335 e. The normalized spacial score (nSPS) is 11.9. The molecule has 1 aromatic carbocycles. The Morgan fingerprint density at radius 1 is 1.37 bits per heavy atom. The summed E-state index contributed by atoms with van der Waals surface area (Å²) in [4.78, 5) is 22.4. The van der Waals surface area contributed by atoms with Crippen LogP contribution in [0.1, 0.15) is 42.6 Å². The van der Waals surface area contributed by atoms with Gasteiger partial charge in [0, 0.05) is 13.0 Å². The lowest BCUT2D eigenvalue weighted by Crippen LogP contribution is -2.27. The van der Waals surface area contributed by atoms with E-state index in [1.807, 2.05) is 6.07 Å². The second kappa shape index (κ2) is 7.56. The summed E-state index contributed by atoms with van der Waals surface area (Å²) in [6.45, 7) is 4.66. The predicted molar refractivity (Wildman–Crippen MR) is 74.2 cm³/mol. The molecule has 0 saturated carbocycles. The van der Waals surface area contributed by atoms with Crippen molar-refractivity contribution in [3.63, 3.8) is 0 Å². The first-order valence-corrected chi connectivity index (χ1v) is 6.61. The van der Waals surface area contributed by atoms with Gasteiger partial charge in [-0.3, -0.25) is 4.79 Å². The van der Waals surface area contributed by atoms with Crippen LogP contribution < -0.4 is 5.32 Å². The monoisotopic (exact) mass is 263 g/mol. The molecule has 0 fully saturated rings. The molecule has 104 valence electrons. The van der Waals surface area contributed by atoms with Crippen LogP contribution in [0.15, 0.2) is 24.3 Å². The summed E-state index contributed by atoms with van der Waals surface area (Å²) in [5.74, 6) is -0.471. The minimum atomic E-state index is -0.928. The Morgan fingerprint density at radius 2 is 2.11 bits per heavy atom. The molecule has 0 bridgehead atoms. The van der Waals surface area contributed by atoms with Gasteiger partial charge in [0.1, 0.15) is 0 Å². The van der Waals surface area contributed by atoms with Crippen molar-refractivity contribution in [1.29, 1.82) is 0 Å². The van der Waals surface area contributed by atoms with Crippen LogP contribution in [-0.2, 0) is 11.2 Å². The van der Waals surface area contributed by atoms with Crippen molar-refractivity contribution in [2.75, 3.05) is 6.54 Å². The second-order valence-corrected chi connectivity index (χ2v) is 4.82. The summed E-state index contributed by atoms with van der Waals surface area (Å²) in [5.41, 5.74) is 1.20. The molecule has 0 saturated heterocycles. The molecule has 0 spiro atoms. The van der Waals surface area contributed by atoms with Gasteiger partial charge >= 0.3 is 5.97 Å². The van der Waals surface area contributed by atoms with Crippen LogP contribution in [0.2, 0.25) is 0 Å². The number of carbonyl (C=O) groups is 2. The highest BCUT2D eigenvalue weighted by molar-refractivity contribution is 5.87. The molecule has 0 radical (unpaired) electrons. The molecule has 1 aromatic rings. The van der Waals surface area contributed by atoms with E-state index < -0.39 is 5.97 Å². The average Bonchev–Trinajstić information content (AvgIpc) is 2.38. The third kappa shape index (κ3) is 5.55. The lowest BCUT2D eigenvalue weighted by molar-refractivity contribution is -0.121. The summed E-state index contributed by atoms with van der Waals surface area (Å²) < 4.78 is 0. The van der Waals surface area contributed by atoms with Crippen LogP contribution in [0, 0.1) is 5.92 Å². The fourth-order valence-corrected chi connectivity index (χ4v) is 1.74. The van der Waals surface area contributed by atoms with E-state index in [4.69, 9.17) is 5.11 Å². The second-order valence-electron chi connectivity index (χ2n) is 4.82. The first-order valence-electron chi connectivity index (χ1n) is 6.61. The van der Waals surface area contributed by atoms with Crippen molar-refractivity contribution < 1.29 is 14.7 Å². The van der Waals surface area contributed by atoms with E-state index in [2.05, 4.69) is 19.2 Å². The lowest BCUT2D eigenvalue weighted by atomic mass is 10.0. The highest BCUT2D eigenvalue weighted by Crippen LogP contribution is 2.07. The molecule has 0 aliphatic heterocycles. The van der Waals surface area contributed by atoms with Gasteiger partial charge in [-0.25, -0.2) is 4.79 Å². The van der Waals surface area contributed by atoms with Crippen molar-refractivity contribution in [1.82, 2.24) is 5.32 Å². The molecule has 1 rings (SSSR count). The standard InChI is InChI=1S/C15H21NO3/c1-3-11(2)9-14(17)16-8-7-12-5-4-6-13(10-12)15(18)19/h4-6,10-11H,3,7-9H2,1-2H3,(H,16,17)(H,18,19). The Balaban J connectivity index is 2.39. The fourth-order valence-electron chi connectivity index (χ4n) is 1.74. The minimum Gasteiger partial charge on any atom is -0.478 e. The predicted octanol–water partition coefficient (Wildman–Crippen LogP) is 2.48. The highest BCUT2D eigenvalue weighted by Gasteiger charge is 2.07. The summed E-state index contributed by atoms with van der Waals surface area (Å²) in [6.07, 6.45) is 2.19. The first-order chi connectivity index (χ1) is 9.02. The third-order valence-corrected chi connectivity index (χ3v) is 3.14. The van der Waals surface area contributed by atoms with Crippen molar-refractivity contribution in [3.05, 3.63) is 35.4 Å². The minimum absolute atomic E-state index is 0.0590. The average molecular weight is 263 g/mol. The number of hydrogen-bond acceptors (Lipinski definition) is 2. The van der Waals surface area contributed by atoms with Gasteiger partial charge in [0.25, 0.3) is 0 Å². The Hall–Kier alpha value is -1.84. The van der Waals surface area contributed by atoms with E-state index in [1.54, 1.807) is 18.2 Å². The number of rotatable bonds is 7. The topological polar surface area (TPSA) is 66.4 Å². The van der Waals surface area contributed by atoms with E-state index in [0.717, 1.165) is 12.0 Å². The number of nitrogens with one attached hydrogen (secondary N) is 1. The molecule has 19 heavy (non-hydrogen) atoms. The molecule has 4 heteroatoms. The first kappa shape index (κ1) is 15.2. The van der Waals surface area contributed by atoms with Gasteiger partial charge in [0.2, 0.25) is 5.91 Å². The molecule has 4 nitrogen and oxygen atoms in total. The Labute approximate surface area is 113 Å². The van der Waals surface area contributed by atoms with Gasteiger partial charge in [-0.05, 0) is 30.0 Å². The number of aromatic carboxylic acids is 1. The van der Waals surface area contributed by atoms with Crippen molar-refractivity contribution in [2.45, 2.75) is 33.1 Å². The van der Waals surface area contributed by atoms with Crippen molar-refractivity contribution >= 4 is 11.9 Å². The molecule has 0 aliphatic carbocycles.